The molecule has 0 radical (unpaired) electrons. The number of rotatable bonds is 4. The van der Waals surface area contributed by atoms with E-state index < -0.39 is 6.10 Å². The molecule has 0 bridgehead atoms. The molecule has 0 heterocycles. The summed E-state index contributed by atoms with van der Waals surface area (Å²) < 4.78 is 18.8. The monoisotopic (exact) mass is 270 g/mol. The molecule has 0 aliphatic carbocycles. The average molecular weight is 270 g/mol. The van der Waals surface area contributed by atoms with Gasteiger partial charge in [0.2, 0.25) is 0 Å². The maximum atomic E-state index is 13.0. The van der Waals surface area contributed by atoms with E-state index in [0.29, 0.717) is 11.3 Å². The van der Waals surface area contributed by atoms with E-state index in [4.69, 9.17) is 15.7 Å². The number of nitriles is 1. The van der Waals surface area contributed by atoms with E-state index in [-0.39, 0.29) is 11.9 Å². The van der Waals surface area contributed by atoms with Crippen LogP contribution in [-0.4, -0.2) is 6.04 Å². The highest BCUT2D eigenvalue weighted by atomic mass is 19.1. The summed E-state index contributed by atoms with van der Waals surface area (Å²) in [5.74, 6) is 0.263. The third kappa shape index (κ3) is 3.34. The molecule has 0 spiro atoms. The lowest BCUT2D eigenvalue weighted by Crippen LogP contribution is -2.29. The Bertz CT molecular complexity index is 617. The van der Waals surface area contributed by atoms with Gasteiger partial charge in [-0.2, -0.15) is 5.26 Å². The molecule has 3 nitrogen and oxygen atoms in total. The number of hydrogen-bond acceptors (Lipinski definition) is 3. The van der Waals surface area contributed by atoms with Crippen LogP contribution >= 0.6 is 0 Å². The van der Waals surface area contributed by atoms with Crippen LogP contribution in [0.5, 0.6) is 5.75 Å². The summed E-state index contributed by atoms with van der Waals surface area (Å²) >= 11 is 0. The zero-order valence-electron chi connectivity index (χ0n) is 11.1. The minimum absolute atomic E-state index is 0.272. The van der Waals surface area contributed by atoms with Gasteiger partial charge in [-0.05, 0) is 42.8 Å². The van der Waals surface area contributed by atoms with E-state index in [1.165, 1.54) is 12.1 Å². The van der Waals surface area contributed by atoms with E-state index in [9.17, 15) is 4.39 Å². The molecule has 0 saturated carbocycles. The van der Waals surface area contributed by atoms with Crippen molar-refractivity contribution in [2.45, 2.75) is 19.1 Å². The van der Waals surface area contributed by atoms with Gasteiger partial charge in [0.25, 0.3) is 0 Å². The van der Waals surface area contributed by atoms with E-state index in [2.05, 4.69) is 6.07 Å². The Morgan fingerprint density at radius 3 is 2.50 bits per heavy atom. The maximum absolute atomic E-state index is 13.0. The fraction of sp³-hybridized carbons (Fsp3) is 0.188. The Kier molecular flexibility index (Phi) is 4.34. The van der Waals surface area contributed by atoms with Crippen molar-refractivity contribution >= 4 is 0 Å². The lowest BCUT2D eigenvalue weighted by molar-refractivity contribution is 0.180. The van der Waals surface area contributed by atoms with Gasteiger partial charge >= 0.3 is 0 Å². The lowest BCUT2D eigenvalue weighted by Gasteiger charge is -2.23. The fourth-order valence-electron chi connectivity index (χ4n) is 1.92. The van der Waals surface area contributed by atoms with E-state index in [1.54, 1.807) is 36.4 Å². The summed E-state index contributed by atoms with van der Waals surface area (Å²) in [6.07, 6.45) is -0.399. The Labute approximate surface area is 117 Å². The van der Waals surface area contributed by atoms with Gasteiger partial charge in [-0.3, -0.25) is 0 Å². The van der Waals surface area contributed by atoms with Gasteiger partial charge in [-0.1, -0.05) is 18.2 Å². The van der Waals surface area contributed by atoms with E-state index in [0.717, 1.165) is 5.56 Å². The number of halogens is 1. The topological polar surface area (TPSA) is 59.0 Å². The molecule has 0 fully saturated rings. The molecule has 0 amide bonds. The molecule has 2 atom stereocenters. The van der Waals surface area contributed by atoms with Crippen LogP contribution in [0.15, 0.2) is 48.5 Å². The summed E-state index contributed by atoms with van der Waals surface area (Å²) in [4.78, 5) is 0. The fourth-order valence-corrected chi connectivity index (χ4v) is 1.92. The quantitative estimate of drug-likeness (QED) is 0.928. The first kappa shape index (κ1) is 14.0. The van der Waals surface area contributed by atoms with Gasteiger partial charge in [0.05, 0.1) is 11.6 Å². The Morgan fingerprint density at radius 1 is 1.20 bits per heavy atom. The zero-order valence-corrected chi connectivity index (χ0v) is 11.1. The SMILES string of the molecule is CC(N)C(Oc1cccc(C#N)c1)c1ccc(F)cc1. The van der Waals surface area contributed by atoms with Crippen LogP contribution in [0, 0.1) is 17.1 Å². The van der Waals surface area contributed by atoms with Crippen molar-refractivity contribution in [2.75, 3.05) is 0 Å². The first-order valence-corrected chi connectivity index (χ1v) is 6.28. The Hall–Kier alpha value is -2.38. The maximum Gasteiger partial charge on any atom is 0.138 e. The predicted molar refractivity (Wildman–Crippen MR) is 74.6 cm³/mol. The molecule has 0 aromatic heterocycles. The highest BCUT2D eigenvalue weighted by molar-refractivity contribution is 5.36. The van der Waals surface area contributed by atoms with Gasteiger partial charge in [-0.25, -0.2) is 4.39 Å². The average Bonchev–Trinajstić information content (AvgIpc) is 2.46. The number of hydrogen-bond donors (Lipinski definition) is 1. The zero-order chi connectivity index (χ0) is 14.5. The van der Waals surface area contributed by atoms with Crippen LogP contribution in [-0.2, 0) is 0 Å². The number of nitrogens with zero attached hydrogens (tertiary/aromatic N) is 1. The highest BCUT2D eigenvalue weighted by Gasteiger charge is 2.18. The van der Waals surface area contributed by atoms with Gasteiger partial charge in [0.1, 0.15) is 17.7 Å². The molecule has 2 unspecified atom stereocenters. The second-order valence-corrected chi connectivity index (χ2v) is 4.59. The van der Waals surface area contributed by atoms with Crippen LogP contribution in [0.1, 0.15) is 24.2 Å². The summed E-state index contributed by atoms with van der Waals surface area (Å²) in [6, 6.07) is 14.7. The molecule has 0 saturated heterocycles. The normalized spacial score (nSPS) is 13.3. The number of ether oxygens (including phenoxy) is 1. The molecule has 2 N–H and O–H groups in total. The van der Waals surface area contributed by atoms with Crippen molar-refractivity contribution in [2.24, 2.45) is 5.73 Å². The van der Waals surface area contributed by atoms with Crippen molar-refractivity contribution in [3.05, 3.63) is 65.5 Å². The number of benzene rings is 2. The third-order valence-corrected chi connectivity index (χ3v) is 2.90. The molecule has 20 heavy (non-hydrogen) atoms. The van der Waals surface area contributed by atoms with Gasteiger partial charge in [0.15, 0.2) is 0 Å². The summed E-state index contributed by atoms with van der Waals surface area (Å²) in [6.45, 7) is 1.82. The van der Waals surface area contributed by atoms with Crippen molar-refractivity contribution in [1.29, 1.82) is 5.26 Å². The molecular weight excluding hydrogens is 255 g/mol. The van der Waals surface area contributed by atoms with Gasteiger partial charge in [-0.15, -0.1) is 0 Å². The minimum Gasteiger partial charge on any atom is -0.484 e. The predicted octanol–water partition coefficient (Wildman–Crippen LogP) is 3.16. The van der Waals surface area contributed by atoms with Crippen molar-refractivity contribution in [3.8, 4) is 11.8 Å². The number of nitrogens with two attached hydrogens (primary N) is 1. The Balaban J connectivity index is 2.26. The highest BCUT2D eigenvalue weighted by Crippen LogP contribution is 2.25. The molecule has 2 rings (SSSR count). The van der Waals surface area contributed by atoms with Gasteiger partial charge in [0, 0.05) is 6.04 Å². The van der Waals surface area contributed by atoms with Crippen molar-refractivity contribution in [1.82, 2.24) is 0 Å². The molecule has 2 aromatic carbocycles. The molecule has 0 aliphatic heterocycles. The minimum atomic E-state index is -0.399. The Morgan fingerprint density at radius 2 is 1.90 bits per heavy atom. The molecule has 102 valence electrons. The van der Waals surface area contributed by atoms with Crippen molar-refractivity contribution < 1.29 is 9.13 Å². The lowest BCUT2D eigenvalue weighted by atomic mass is 10.0. The standard InChI is InChI=1S/C16H15FN2O/c1-11(19)16(13-5-7-14(17)8-6-13)20-15-4-2-3-12(9-15)10-18/h2-9,11,16H,19H2,1H3. The van der Waals surface area contributed by atoms with Gasteiger partial charge < -0.3 is 10.5 Å². The second kappa shape index (κ2) is 6.18. The first-order chi connectivity index (χ1) is 9.60. The molecule has 0 aliphatic rings. The summed E-state index contributed by atoms with van der Waals surface area (Å²) in [5.41, 5.74) is 7.26. The molecular formula is C16H15FN2O. The first-order valence-electron chi connectivity index (χ1n) is 6.28. The van der Waals surface area contributed by atoms with E-state index >= 15 is 0 Å². The molecule has 2 aromatic rings. The van der Waals surface area contributed by atoms with E-state index in [1.807, 2.05) is 6.92 Å². The van der Waals surface area contributed by atoms with Crippen LogP contribution in [0.2, 0.25) is 0 Å². The smallest absolute Gasteiger partial charge is 0.138 e. The summed E-state index contributed by atoms with van der Waals surface area (Å²) in [5, 5.41) is 8.88. The largest absolute Gasteiger partial charge is 0.484 e. The van der Waals surface area contributed by atoms with Crippen LogP contribution in [0.3, 0.4) is 0 Å². The van der Waals surface area contributed by atoms with Crippen LogP contribution in [0.4, 0.5) is 4.39 Å². The van der Waals surface area contributed by atoms with Crippen molar-refractivity contribution in [3.63, 3.8) is 0 Å². The second-order valence-electron chi connectivity index (χ2n) is 4.59. The van der Waals surface area contributed by atoms with Crippen LogP contribution in [0.25, 0.3) is 0 Å². The third-order valence-electron chi connectivity index (χ3n) is 2.90. The molecule has 4 heteroatoms. The summed E-state index contributed by atoms with van der Waals surface area (Å²) in [7, 11) is 0. The van der Waals surface area contributed by atoms with Crippen LogP contribution < -0.4 is 10.5 Å².